The predicted octanol–water partition coefficient (Wildman–Crippen LogP) is 2.99. The Balaban J connectivity index is 1.89. The third-order valence-electron chi connectivity index (χ3n) is 4.37. The Hall–Kier alpha value is -1.31. The van der Waals surface area contributed by atoms with E-state index in [-0.39, 0.29) is 21.5 Å². The molecule has 25 heavy (non-hydrogen) atoms. The first-order valence-corrected chi connectivity index (χ1v) is 10.5. The molecule has 1 aliphatic heterocycles. The van der Waals surface area contributed by atoms with Gasteiger partial charge in [0.2, 0.25) is 0 Å². The van der Waals surface area contributed by atoms with Crippen LogP contribution in [0.4, 0.5) is 10.5 Å². The average Bonchev–Trinajstić information content (AvgIpc) is 2.95. The van der Waals surface area contributed by atoms with Gasteiger partial charge in [0.05, 0.1) is 9.92 Å². The van der Waals surface area contributed by atoms with E-state index in [0.29, 0.717) is 18.2 Å². The van der Waals surface area contributed by atoms with Crippen LogP contribution in [0, 0.1) is 5.92 Å². The van der Waals surface area contributed by atoms with Crippen LogP contribution < -0.4 is 10.6 Å². The number of likely N-dealkylation sites (tertiary alicyclic amines) is 1. The fourth-order valence-corrected chi connectivity index (χ4v) is 4.19. The second kappa shape index (κ2) is 7.51. The van der Waals surface area contributed by atoms with Gasteiger partial charge in [-0.05, 0) is 57.9 Å². The van der Waals surface area contributed by atoms with Crippen molar-refractivity contribution in [2.75, 3.05) is 31.2 Å². The van der Waals surface area contributed by atoms with Crippen molar-refractivity contribution >= 4 is 33.2 Å². The van der Waals surface area contributed by atoms with Gasteiger partial charge in [-0.15, -0.1) is 0 Å². The van der Waals surface area contributed by atoms with Crippen LogP contribution >= 0.6 is 11.6 Å². The highest BCUT2D eigenvalue weighted by Crippen LogP contribution is 2.25. The van der Waals surface area contributed by atoms with Gasteiger partial charge >= 0.3 is 6.03 Å². The van der Waals surface area contributed by atoms with Crippen LogP contribution in [0.15, 0.2) is 23.1 Å². The monoisotopic (exact) mass is 387 g/mol. The molecule has 1 heterocycles. The second-order valence-corrected chi connectivity index (χ2v) is 9.92. The Morgan fingerprint density at radius 1 is 1.36 bits per heavy atom. The van der Waals surface area contributed by atoms with Crippen molar-refractivity contribution < 1.29 is 13.2 Å². The van der Waals surface area contributed by atoms with E-state index in [1.807, 2.05) is 0 Å². The molecule has 1 aromatic rings. The molecule has 6 nitrogen and oxygen atoms in total. The van der Waals surface area contributed by atoms with Crippen LogP contribution in [0.1, 0.15) is 27.2 Å². The molecule has 1 fully saturated rings. The van der Waals surface area contributed by atoms with Gasteiger partial charge < -0.3 is 10.6 Å². The minimum Gasteiger partial charge on any atom is -0.338 e. The van der Waals surface area contributed by atoms with Gasteiger partial charge in [0, 0.05) is 30.6 Å². The zero-order chi connectivity index (χ0) is 18.8. The number of nitrogens with one attached hydrogen (secondary N) is 2. The number of amides is 2. The molecular formula is C17H26ClN3O3S. The molecule has 8 heteroatoms. The van der Waals surface area contributed by atoms with Crippen molar-refractivity contribution in [3.63, 3.8) is 0 Å². The zero-order valence-corrected chi connectivity index (χ0v) is 16.7. The van der Waals surface area contributed by atoms with E-state index >= 15 is 0 Å². The number of halogens is 1. The molecule has 0 radical (unpaired) electrons. The van der Waals surface area contributed by atoms with E-state index in [9.17, 15) is 13.2 Å². The summed E-state index contributed by atoms with van der Waals surface area (Å²) in [5.74, 6) is 0.418. The summed E-state index contributed by atoms with van der Waals surface area (Å²) in [4.78, 5) is 14.5. The minimum atomic E-state index is -3.45. The highest BCUT2D eigenvalue weighted by Gasteiger charge is 2.30. The Kier molecular flexibility index (Phi) is 6.01. The lowest BCUT2D eigenvalue weighted by Crippen LogP contribution is -2.40. The normalized spacial score (nSPS) is 19.0. The summed E-state index contributed by atoms with van der Waals surface area (Å²) in [5, 5.41) is 5.66. The Bertz CT molecular complexity index is 744. The highest BCUT2D eigenvalue weighted by atomic mass is 35.5. The molecule has 2 rings (SSSR count). The summed E-state index contributed by atoms with van der Waals surface area (Å²) in [6.45, 7) is 9.15. The minimum absolute atomic E-state index is 0.00331. The van der Waals surface area contributed by atoms with E-state index in [1.54, 1.807) is 6.07 Å². The maximum atomic E-state index is 12.1. The topological polar surface area (TPSA) is 78.5 Å². The van der Waals surface area contributed by atoms with Gasteiger partial charge in [0.15, 0.2) is 9.84 Å². The van der Waals surface area contributed by atoms with Crippen LogP contribution in [0.5, 0.6) is 0 Å². The van der Waals surface area contributed by atoms with Gasteiger partial charge in [0.1, 0.15) is 0 Å². The van der Waals surface area contributed by atoms with E-state index < -0.39 is 9.84 Å². The second-order valence-electron chi connectivity index (χ2n) is 7.52. The Morgan fingerprint density at radius 3 is 2.60 bits per heavy atom. The predicted molar refractivity (Wildman–Crippen MR) is 101 cm³/mol. The molecule has 2 amide bonds. The first-order valence-electron chi connectivity index (χ1n) is 8.26. The largest absolute Gasteiger partial charge is 0.338 e. The van der Waals surface area contributed by atoms with E-state index in [0.717, 1.165) is 25.8 Å². The Labute approximate surface area is 154 Å². The molecule has 0 spiro atoms. The lowest BCUT2D eigenvalue weighted by Gasteiger charge is -2.31. The van der Waals surface area contributed by atoms with Gasteiger partial charge in [-0.25, -0.2) is 13.2 Å². The summed E-state index contributed by atoms with van der Waals surface area (Å²) in [6.07, 6.45) is 2.13. The molecule has 1 atom stereocenters. The van der Waals surface area contributed by atoms with Crippen LogP contribution in [-0.4, -0.2) is 50.8 Å². The summed E-state index contributed by atoms with van der Waals surface area (Å²) in [7, 11) is -3.45. The maximum absolute atomic E-state index is 12.1. The van der Waals surface area contributed by atoms with Gasteiger partial charge in [-0.3, -0.25) is 4.90 Å². The molecule has 1 unspecified atom stereocenters. The third-order valence-corrected chi connectivity index (χ3v) is 5.95. The van der Waals surface area contributed by atoms with E-state index in [2.05, 4.69) is 36.3 Å². The molecule has 0 bridgehead atoms. The van der Waals surface area contributed by atoms with Crippen LogP contribution in [0.3, 0.4) is 0 Å². The maximum Gasteiger partial charge on any atom is 0.319 e. The van der Waals surface area contributed by atoms with E-state index in [1.165, 1.54) is 12.1 Å². The standard InChI is InChI=1S/C17H26ClN3O3S/c1-17(2,3)21-8-7-12(11-21)10-19-16(22)20-13-5-6-14(18)15(9-13)25(4,23)24/h5-6,9,12H,7-8,10-11H2,1-4H3,(H2,19,20,22). The van der Waals surface area contributed by atoms with Crippen molar-refractivity contribution in [1.82, 2.24) is 10.2 Å². The van der Waals surface area contributed by atoms with E-state index in [4.69, 9.17) is 11.6 Å². The fraction of sp³-hybridized carbons (Fsp3) is 0.588. The zero-order valence-electron chi connectivity index (χ0n) is 15.1. The van der Waals surface area contributed by atoms with Crippen molar-refractivity contribution in [3.8, 4) is 0 Å². The fourth-order valence-electron chi connectivity index (χ4n) is 2.89. The number of hydrogen-bond acceptors (Lipinski definition) is 4. The van der Waals surface area contributed by atoms with Crippen LogP contribution in [0.25, 0.3) is 0 Å². The SMILES string of the molecule is CC(C)(C)N1CCC(CNC(=O)Nc2ccc(Cl)c(S(C)(=O)=O)c2)C1. The molecule has 1 aromatic carbocycles. The quantitative estimate of drug-likeness (QED) is 0.832. The summed E-state index contributed by atoms with van der Waals surface area (Å²) in [6, 6.07) is 4.06. The first kappa shape index (κ1) is 20.0. The van der Waals surface area contributed by atoms with Gasteiger partial charge in [-0.2, -0.15) is 0 Å². The number of hydrogen-bond donors (Lipinski definition) is 2. The summed E-state index contributed by atoms with van der Waals surface area (Å²) < 4.78 is 23.4. The van der Waals surface area contributed by atoms with Crippen molar-refractivity contribution in [2.24, 2.45) is 5.92 Å². The Morgan fingerprint density at radius 2 is 2.04 bits per heavy atom. The summed E-state index contributed by atoms with van der Waals surface area (Å²) in [5.41, 5.74) is 0.535. The molecule has 0 saturated carbocycles. The highest BCUT2D eigenvalue weighted by molar-refractivity contribution is 7.90. The number of rotatable bonds is 4. The molecular weight excluding hydrogens is 362 g/mol. The number of carbonyl (C=O) groups excluding carboxylic acids is 1. The van der Waals surface area contributed by atoms with Gasteiger partial charge in [-0.1, -0.05) is 11.6 Å². The van der Waals surface area contributed by atoms with Crippen molar-refractivity contribution in [1.29, 1.82) is 0 Å². The molecule has 0 aromatic heterocycles. The number of anilines is 1. The molecule has 140 valence electrons. The van der Waals surface area contributed by atoms with Crippen LogP contribution in [-0.2, 0) is 9.84 Å². The number of carbonyl (C=O) groups is 1. The molecule has 1 aliphatic rings. The van der Waals surface area contributed by atoms with Gasteiger partial charge in [0.25, 0.3) is 0 Å². The number of sulfone groups is 1. The average molecular weight is 388 g/mol. The number of benzene rings is 1. The summed E-state index contributed by atoms with van der Waals surface area (Å²) >= 11 is 5.90. The lowest BCUT2D eigenvalue weighted by molar-refractivity contribution is 0.168. The van der Waals surface area contributed by atoms with Crippen molar-refractivity contribution in [3.05, 3.63) is 23.2 Å². The lowest BCUT2D eigenvalue weighted by atomic mass is 10.1. The number of nitrogens with zero attached hydrogens (tertiary/aromatic N) is 1. The number of urea groups is 1. The molecule has 0 aliphatic carbocycles. The van der Waals surface area contributed by atoms with Crippen molar-refractivity contribution in [2.45, 2.75) is 37.6 Å². The van der Waals surface area contributed by atoms with Crippen LogP contribution in [0.2, 0.25) is 5.02 Å². The third kappa shape index (κ3) is 5.59. The first-order chi connectivity index (χ1) is 11.5. The molecule has 2 N–H and O–H groups in total. The molecule has 1 saturated heterocycles. The smallest absolute Gasteiger partial charge is 0.319 e.